The predicted octanol–water partition coefficient (Wildman–Crippen LogP) is 4.76. The van der Waals surface area contributed by atoms with Crippen LogP contribution in [-0.2, 0) is 14.8 Å². The Hall–Kier alpha value is -3.05. The summed E-state index contributed by atoms with van der Waals surface area (Å²) in [5, 5.41) is 7.60. The second-order valence-electron chi connectivity index (χ2n) is 8.44. The fraction of sp³-hybridized carbons (Fsp3) is 0.286. The van der Waals surface area contributed by atoms with Crippen LogP contribution in [0.2, 0.25) is 0 Å². The number of imidazole rings is 1. The Kier molecular flexibility index (Phi) is 3.56. The van der Waals surface area contributed by atoms with Gasteiger partial charge in [0.1, 0.15) is 11.0 Å². The molecule has 8 heteroatoms. The monoisotopic (exact) mass is 405 g/mol. The van der Waals surface area contributed by atoms with Gasteiger partial charge in [-0.25, -0.2) is 4.98 Å². The third-order valence-electron chi connectivity index (χ3n) is 5.72. The maximum Gasteiger partial charge on any atom is 0.238 e. The Morgan fingerprint density at radius 3 is 2.66 bits per heavy atom. The molecular formula is C21H20N5O2P. The summed E-state index contributed by atoms with van der Waals surface area (Å²) in [5.41, 5.74) is 4.20. The number of hydrogen-bond donors (Lipinski definition) is 2. The maximum atomic E-state index is 13.1. The number of anilines is 1. The summed E-state index contributed by atoms with van der Waals surface area (Å²) >= 11 is 0. The molecule has 0 spiro atoms. The molecule has 146 valence electrons. The van der Waals surface area contributed by atoms with Crippen molar-refractivity contribution in [3.63, 3.8) is 0 Å². The van der Waals surface area contributed by atoms with Gasteiger partial charge in [0.2, 0.25) is 5.91 Å². The highest BCUT2D eigenvalue weighted by molar-refractivity contribution is 7.26. The van der Waals surface area contributed by atoms with Crippen LogP contribution < -0.4 is 4.90 Å². The van der Waals surface area contributed by atoms with Crippen LogP contribution in [-0.4, -0.2) is 31.4 Å². The molecule has 1 amide bonds. The molecular weight excluding hydrogens is 385 g/mol. The van der Waals surface area contributed by atoms with E-state index in [1.165, 1.54) is 0 Å². The first-order valence-electron chi connectivity index (χ1n) is 9.41. The minimum atomic E-state index is -0.839. The Morgan fingerprint density at radius 2 is 1.90 bits per heavy atom. The smallest absolute Gasteiger partial charge is 0.238 e. The van der Waals surface area contributed by atoms with Gasteiger partial charge in [-0.05, 0) is 51.5 Å². The van der Waals surface area contributed by atoms with Gasteiger partial charge in [-0.2, -0.15) is 5.10 Å². The standard InChI is InChI=1S/C21H20N5O2P/c1-20(2)12-9-14-15(10-16(12)26(19(20)27)21(3,4)29-28)23-18(22-14)17-11-7-5-6-8-13(11)24-25-17/h5-10H,1-4H3,(H,22,23)(H,24,25). The van der Waals surface area contributed by atoms with Crippen molar-refractivity contribution in [2.75, 3.05) is 4.90 Å². The zero-order valence-corrected chi connectivity index (χ0v) is 17.5. The van der Waals surface area contributed by atoms with Crippen molar-refractivity contribution in [2.24, 2.45) is 0 Å². The number of carbonyl (C=O) groups excluding carboxylic acids is 1. The number of amides is 1. The fourth-order valence-electron chi connectivity index (χ4n) is 4.08. The molecule has 4 aromatic rings. The Bertz CT molecular complexity index is 1320. The third kappa shape index (κ3) is 2.40. The summed E-state index contributed by atoms with van der Waals surface area (Å²) in [4.78, 5) is 22.9. The molecule has 3 heterocycles. The normalized spacial score (nSPS) is 16.3. The van der Waals surface area contributed by atoms with Crippen molar-refractivity contribution in [1.29, 1.82) is 0 Å². The van der Waals surface area contributed by atoms with Crippen LogP contribution in [0.3, 0.4) is 0 Å². The van der Waals surface area contributed by atoms with E-state index in [-0.39, 0.29) is 14.4 Å². The molecule has 0 saturated carbocycles. The fourth-order valence-corrected chi connectivity index (χ4v) is 4.36. The highest BCUT2D eigenvalue weighted by atomic mass is 31.1. The highest BCUT2D eigenvalue weighted by Crippen LogP contribution is 2.48. The Labute approximate surface area is 168 Å². The van der Waals surface area contributed by atoms with E-state index in [9.17, 15) is 9.36 Å². The number of H-pyrrole nitrogens is 2. The zero-order valence-electron chi connectivity index (χ0n) is 16.6. The van der Waals surface area contributed by atoms with Crippen LogP contribution in [0.1, 0.15) is 33.3 Å². The lowest BCUT2D eigenvalue weighted by atomic mass is 9.86. The van der Waals surface area contributed by atoms with Gasteiger partial charge in [-0.1, -0.05) is 18.2 Å². The Morgan fingerprint density at radius 1 is 1.14 bits per heavy atom. The molecule has 0 unspecified atom stereocenters. The number of fused-ring (bicyclic) bond motifs is 3. The number of benzene rings is 2. The molecule has 0 bridgehead atoms. The molecule has 0 fully saturated rings. The summed E-state index contributed by atoms with van der Waals surface area (Å²) in [6, 6.07) is 11.8. The predicted molar refractivity (Wildman–Crippen MR) is 113 cm³/mol. The number of nitrogens with zero attached hydrogens (tertiary/aromatic N) is 3. The van der Waals surface area contributed by atoms with Gasteiger partial charge >= 0.3 is 0 Å². The Balaban J connectivity index is 1.72. The van der Waals surface area contributed by atoms with E-state index in [4.69, 9.17) is 4.98 Å². The van der Waals surface area contributed by atoms with E-state index in [0.29, 0.717) is 5.82 Å². The number of aromatic amines is 2. The number of rotatable bonds is 3. The lowest BCUT2D eigenvalue weighted by Crippen LogP contribution is -2.46. The summed E-state index contributed by atoms with van der Waals surface area (Å²) < 4.78 is 11.8. The zero-order chi connectivity index (χ0) is 20.6. The van der Waals surface area contributed by atoms with Gasteiger partial charge in [0.05, 0.1) is 27.7 Å². The van der Waals surface area contributed by atoms with Gasteiger partial charge in [0.15, 0.2) is 14.3 Å². The highest BCUT2D eigenvalue weighted by Gasteiger charge is 2.49. The van der Waals surface area contributed by atoms with Gasteiger partial charge in [-0.3, -0.25) is 19.4 Å². The molecule has 7 nitrogen and oxygen atoms in total. The van der Waals surface area contributed by atoms with E-state index < -0.39 is 10.7 Å². The molecule has 1 aliphatic rings. The van der Waals surface area contributed by atoms with Gasteiger partial charge < -0.3 is 4.98 Å². The van der Waals surface area contributed by atoms with Gasteiger partial charge in [-0.15, -0.1) is 0 Å². The molecule has 5 rings (SSSR count). The molecule has 2 N–H and O–H groups in total. The quantitative estimate of drug-likeness (QED) is 0.481. The first kappa shape index (κ1) is 18.0. The number of nitrogens with one attached hydrogen (secondary N) is 2. The first-order chi connectivity index (χ1) is 13.7. The number of carbonyl (C=O) groups is 1. The van der Waals surface area contributed by atoms with E-state index in [0.717, 1.165) is 38.9 Å². The van der Waals surface area contributed by atoms with Crippen molar-refractivity contribution in [3.05, 3.63) is 42.0 Å². The van der Waals surface area contributed by atoms with E-state index >= 15 is 0 Å². The average Bonchev–Trinajstić information content (AvgIpc) is 3.34. The van der Waals surface area contributed by atoms with Crippen molar-refractivity contribution < 1.29 is 9.36 Å². The number of para-hydroxylation sites is 1. The molecule has 0 saturated heterocycles. The topological polar surface area (TPSA) is 94.7 Å². The minimum absolute atomic E-state index is 0.0629. The van der Waals surface area contributed by atoms with Crippen molar-refractivity contribution in [3.8, 4) is 11.5 Å². The van der Waals surface area contributed by atoms with Crippen LogP contribution in [0.25, 0.3) is 33.5 Å². The molecule has 29 heavy (non-hydrogen) atoms. The van der Waals surface area contributed by atoms with E-state index in [1.807, 2.05) is 50.2 Å². The lowest BCUT2D eigenvalue weighted by Gasteiger charge is -2.31. The molecule has 0 atom stereocenters. The SMILES string of the molecule is CC1(C)C(=O)N(C(C)(C)P=O)c2cc3[nH]c(-c4n[nH]c5ccccc45)nc3cc21. The minimum Gasteiger partial charge on any atom is -0.337 e. The van der Waals surface area contributed by atoms with Gasteiger partial charge in [0, 0.05) is 5.39 Å². The maximum absolute atomic E-state index is 13.1. The van der Waals surface area contributed by atoms with Crippen molar-refractivity contribution >= 4 is 42.0 Å². The molecule has 1 aliphatic heterocycles. The summed E-state index contributed by atoms with van der Waals surface area (Å²) in [6.07, 6.45) is 0. The molecule has 2 aromatic heterocycles. The van der Waals surface area contributed by atoms with Crippen LogP contribution in [0.5, 0.6) is 0 Å². The first-order valence-corrected chi connectivity index (χ1v) is 10.2. The molecule has 0 radical (unpaired) electrons. The van der Waals surface area contributed by atoms with Gasteiger partial charge in [0.25, 0.3) is 0 Å². The van der Waals surface area contributed by atoms with Crippen molar-refractivity contribution in [1.82, 2.24) is 20.2 Å². The lowest BCUT2D eigenvalue weighted by molar-refractivity contribution is -0.122. The number of hydrogen-bond acceptors (Lipinski definition) is 4. The largest absolute Gasteiger partial charge is 0.337 e. The van der Waals surface area contributed by atoms with Crippen LogP contribution >= 0.6 is 8.46 Å². The average molecular weight is 405 g/mol. The van der Waals surface area contributed by atoms with Crippen molar-refractivity contribution in [2.45, 2.75) is 38.4 Å². The molecule has 0 aliphatic carbocycles. The van der Waals surface area contributed by atoms with E-state index in [2.05, 4.69) is 15.2 Å². The summed E-state index contributed by atoms with van der Waals surface area (Å²) in [7, 11) is -0.111. The van der Waals surface area contributed by atoms with Crippen LogP contribution in [0.15, 0.2) is 36.4 Å². The summed E-state index contributed by atoms with van der Waals surface area (Å²) in [6.45, 7) is 7.38. The number of aromatic nitrogens is 4. The summed E-state index contributed by atoms with van der Waals surface area (Å²) in [5.74, 6) is 0.602. The third-order valence-corrected chi connectivity index (χ3v) is 6.36. The second-order valence-corrected chi connectivity index (χ2v) is 9.72. The van der Waals surface area contributed by atoms with E-state index in [1.54, 1.807) is 18.7 Å². The van der Waals surface area contributed by atoms with Crippen LogP contribution in [0.4, 0.5) is 5.69 Å². The molecule has 2 aromatic carbocycles. The second kappa shape index (κ2) is 5.74. The van der Waals surface area contributed by atoms with Crippen LogP contribution in [0, 0.1) is 0 Å².